The van der Waals surface area contributed by atoms with Gasteiger partial charge in [0.25, 0.3) is 5.91 Å². The van der Waals surface area contributed by atoms with Gasteiger partial charge < -0.3 is 24.3 Å². The number of benzene rings is 2. The summed E-state index contributed by atoms with van der Waals surface area (Å²) < 4.78 is 21.0. The third-order valence-electron chi connectivity index (χ3n) is 4.15. The molecule has 1 aliphatic heterocycles. The third-order valence-corrected chi connectivity index (χ3v) is 4.15. The van der Waals surface area contributed by atoms with Gasteiger partial charge in [-0.15, -0.1) is 0 Å². The largest absolute Gasteiger partial charge is 0.479 e. The molecule has 2 aromatic carbocycles. The second-order valence-electron chi connectivity index (χ2n) is 6.54. The number of hydrogen-bond acceptors (Lipinski definition) is 7. The number of fused-ring (bicyclic) bond motifs is 1. The molecule has 0 spiro atoms. The van der Waals surface area contributed by atoms with Gasteiger partial charge >= 0.3 is 5.97 Å². The number of nitrogens with one attached hydrogen (secondary N) is 1. The highest BCUT2D eigenvalue weighted by molar-refractivity contribution is 6.05. The van der Waals surface area contributed by atoms with Gasteiger partial charge in [0, 0.05) is 11.6 Å². The minimum absolute atomic E-state index is 0.0422. The molecule has 1 aliphatic rings. The molecule has 29 heavy (non-hydrogen) atoms. The first-order valence-corrected chi connectivity index (χ1v) is 8.98. The summed E-state index contributed by atoms with van der Waals surface area (Å²) in [6.07, 6.45) is -0.886. The van der Waals surface area contributed by atoms with Gasteiger partial charge in [0.2, 0.25) is 6.79 Å². The molecule has 0 saturated carbocycles. The van der Waals surface area contributed by atoms with Crippen LogP contribution in [0.3, 0.4) is 0 Å². The fourth-order valence-corrected chi connectivity index (χ4v) is 2.72. The molecule has 8 nitrogen and oxygen atoms in total. The number of amides is 1. The number of esters is 1. The molecule has 2 aromatic rings. The average Bonchev–Trinajstić information content (AvgIpc) is 3.12. The van der Waals surface area contributed by atoms with E-state index in [0.29, 0.717) is 17.2 Å². The molecule has 1 atom stereocenters. The first-order chi connectivity index (χ1) is 13.8. The Balaban J connectivity index is 1.57. The van der Waals surface area contributed by atoms with E-state index in [1.807, 2.05) is 19.1 Å². The number of anilines is 1. The predicted octanol–water partition coefficient (Wildman–Crippen LogP) is 2.88. The lowest BCUT2D eigenvalue weighted by molar-refractivity contribution is -0.153. The van der Waals surface area contributed by atoms with E-state index >= 15 is 0 Å². The molecule has 1 amide bonds. The van der Waals surface area contributed by atoms with Crippen LogP contribution >= 0.6 is 0 Å². The van der Waals surface area contributed by atoms with Crippen LogP contribution in [0.25, 0.3) is 0 Å². The third kappa shape index (κ3) is 5.04. The summed E-state index contributed by atoms with van der Waals surface area (Å²) in [5, 5.41) is 2.56. The van der Waals surface area contributed by atoms with Crippen molar-refractivity contribution in [1.82, 2.24) is 0 Å². The van der Waals surface area contributed by atoms with Crippen LogP contribution in [0, 0.1) is 6.92 Å². The fourth-order valence-electron chi connectivity index (χ4n) is 2.72. The van der Waals surface area contributed by atoms with Crippen LogP contribution in [0.15, 0.2) is 36.4 Å². The molecule has 0 saturated heterocycles. The van der Waals surface area contributed by atoms with Crippen molar-refractivity contribution in [2.75, 3.05) is 18.7 Å². The lowest BCUT2D eigenvalue weighted by Crippen LogP contribution is -2.30. The van der Waals surface area contributed by atoms with Crippen molar-refractivity contribution < 1.29 is 33.3 Å². The number of carbonyl (C=O) groups is 3. The van der Waals surface area contributed by atoms with Gasteiger partial charge in [-0.1, -0.05) is 12.1 Å². The lowest BCUT2D eigenvalue weighted by Gasteiger charge is -2.15. The molecule has 0 aromatic heterocycles. The van der Waals surface area contributed by atoms with E-state index in [9.17, 15) is 14.4 Å². The molecule has 0 aliphatic carbocycles. The van der Waals surface area contributed by atoms with E-state index in [0.717, 1.165) is 5.56 Å². The van der Waals surface area contributed by atoms with Crippen LogP contribution < -0.4 is 19.5 Å². The molecule has 1 N–H and O–H groups in total. The summed E-state index contributed by atoms with van der Waals surface area (Å²) in [6, 6.07) is 10.2. The molecular weight excluding hydrogens is 378 g/mol. The van der Waals surface area contributed by atoms with Crippen LogP contribution in [0.4, 0.5) is 5.69 Å². The number of aryl methyl sites for hydroxylation is 1. The number of ether oxygens (including phenoxy) is 4. The van der Waals surface area contributed by atoms with Crippen LogP contribution in [0.1, 0.15) is 29.8 Å². The Morgan fingerprint density at radius 3 is 2.55 bits per heavy atom. The summed E-state index contributed by atoms with van der Waals surface area (Å²) in [4.78, 5) is 36.2. The summed E-state index contributed by atoms with van der Waals surface area (Å²) in [5.41, 5.74) is 1.52. The van der Waals surface area contributed by atoms with Crippen molar-refractivity contribution in [1.29, 1.82) is 0 Å². The van der Waals surface area contributed by atoms with E-state index < -0.39 is 24.6 Å². The summed E-state index contributed by atoms with van der Waals surface area (Å²) in [7, 11) is 0. The first kappa shape index (κ1) is 20.2. The highest BCUT2D eigenvalue weighted by atomic mass is 16.7. The molecule has 152 valence electrons. The van der Waals surface area contributed by atoms with E-state index in [1.165, 1.54) is 26.0 Å². The Bertz CT molecular complexity index is 954. The van der Waals surface area contributed by atoms with Crippen LogP contribution in [-0.2, 0) is 14.3 Å². The standard InChI is InChI=1S/C21H21NO7/c1-12-5-4-6-15(7-12)29-14(3)21(25)26-10-20(24)22-17-9-19-18(27-11-28-19)8-16(17)13(2)23/h4-9,14H,10-11H2,1-3H3,(H,22,24)/t14-/m1/s1. The van der Waals surface area contributed by atoms with Crippen LogP contribution in [-0.4, -0.2) is 37.2 Å². The minimum Gasteiger partial charge on any atom is -0.479 e. The fraction of sp³-hybridized carbons (Fsp3) is 0.286. The quantitative estimate of drug-likeness (QED) is 0.564. The van der Waals surface area contributed by atoms with Gasteiger partial charge in [0.05, 0.1) is 5.69 Å². The average molecular weight is 399 g/mol. The van der Waals surface area contributed by atoms with E-state index in [1.54, 1.807) is 12.1 Å². The lowest BCUT2D eigenvalue weighted by atomic mass is 10.1. The molecule has 3 rings (SSSR count). The van der Waals surface area contributed by atoms with Gasteiger partial charge in [0.1, 0.15) is 5.75 Å². The Hall–Kier alpha value is -3.55. The Morgan fingerprint density at radius 2 is 1.86 bits per heavy atom. The number of ketones is 1. The van der Waals surface area contributed by atoms with Crippen molar-refractivity contribution in [3.63, 3.8) is 0 Å². The Morgan fingerprint density at radius 1 is 1.14 bits per heavy atom. The molecule has 1 heterocycles. The van der Waals surface area contributed by atoms with Crippen molar-refractivity contribution in [2.24, 2.45) is 0 Å². The number of hydrogen-bond donors (Lipinski definition) is 1. The smallest absolute Gasteiger partial charge is 0.347 e. The zero-order valence-corrected chi connectivity index (χ0v) is 16.3. The molecule has 0 radical (unpaired) electrons. The van der Waals surface area contributed by atoms with Crippen LogP contribution in [0.5, 0.6) is 17.2 Å². The van der Waals surface area contributed by atoms with E-state index in [2.05, 4.69) is 5.32 Å². The van der Waals surface area contributed by atoms with E-state index in [4.69, 9.17) is 18.9 Å². The monoisotopic (exact) mass is 399 g/mol. The zero-order chi connectivity index (χ0) is 21.0. The van der Waals surface area contributed by atoms with Crippen molar-refractivity contribution in [2.45, 2.75) is 26.9 Å². The molecule has 0 fully saturated rings. The number of carbonyl (C=O) groups excluding carboxylic acids is 3. The number of Topliss-reactive ketones (excluding diaryl/α,β-unsaturated/α-hetero) is 1. The molecule has 0 unspecified atom stereocenters. The van der Waals surface area contributed by atoms with Gasteiger partial charge in [-0.25, -0.2) is 4.79 Å². The van der Waals surface area contributed by atoms with Gasteiger partial charge in [0.15, 0.2) is 30.0 Å². The topological polar surface area (TPSA) is 100 Å². The maximum atomic E-state index is 12.2. The van der Waals surface area contributed by atoms with Crippen LogP contribution in [0.2, 0.25) is 0 Å². The second kappa shape index (κ2) is 8.64. The molecular formula is C21H21NO7. The predicted molar refractivity (Wildman–Crippen MR) is 103 cm³/mol. The van der Waals surface area contributed by atoms with Gasteiger partial charge in [-0.3, -0.25) is 9.59 Å². The Kier molecular flexibility index (Phi) is 6.01. The molecule has 0 bridgehead atoms. The van der Waals surface area contributed by atoms with Gasteiger partial charge in [-0.2, -0.15) is 0 Å². The minimum atomic E-state index is -0.886. The maximum Gasteiger partial charge on any atom is 0.347 e. The first-order valence-electron chi connectivity index (χ1n) is 8.98. The number of rotatable bonds is 7. The van der Waals surface area contributed by atoms with Crippen molar-refractivity contribution >= 4 is 23.3 Å². The maximum absolute atomic E-state index is 12.2. The normalized spacial score (nSPS) is 12.8. The second-order valence-corrected chi connectivity index (χ2v) is 6.54. The zero-order valence-electron chi connectivity index (χ0n) is 16.3. The van der Waals surface area contributed by atoms with Gasteiger partial charge in [-0.05, 0) is 44.5 Å². The summed E-state index contributed by atoms with van der Waals surface area (Å²) in [5.74, 6) is -0.146. The van der Waals surface area contributed by atoms with Crippen molar-refractivity contribution in [3.05, 3.63) is 47.5 Å². The SMILES string of the molecule is CC(=O)c1cc2c(cc1NC(=O)COC(=O)[C@@H](C)Oc1cccc(C)c1)OCO2. The highest BCUT2D eigenvalue weighted by Gasteiger charge is 2.22. The Labute approximate surface area is 167 Å². The van der Waals surface area contributed by atoms with Crippen molar-refractivity contribution in [3.8, 4) is 17.2 Å². The summed E-state index contributed by atoms with van der Waals surface area (Å²) in [6.45, 7) is 4.34. The summed E-state index contributed by atoms with van der Waals surface area (Å²) >= 11 is 0. The van der Waals surface area contributed by atoms with E-state index in [-0.39, 0.29) is 23.8 Å². The highest BCUT2D eigenvalue weighted by Crippen LogP contribution is 2.37. The molecule has 8 heteroatoms.